The van der Waals surface area contributed by atoms with Crippen LogP contribution in [0.3, 0.4) is 0 Å². The Morgan fingerprint density at radius 1 is 1.75 bits per heavy atom. The standard InChI is InChI=1S/C8H10O4/c1-5(9)7-3-6(4-12-7)8(10)11-2/h3-5,9H,1-2H3/t5-/m0/s1. The molecule has 1 rings (SSSR count). The van der Waals surface area contributed by atoms with Gasteiger partial charge in [0, 0.05) is 0 Å². The monoisotopic (exact) mass is 170 g/mol. The maximum atomic E-state index is 10.9. The van der Waals surface area contributed by atoms with Crippen molar-refractivity contribution in [3.05, 3.63) is 23.7 Å². The highest BCUT2D eigenvalue weighted by Gasteiger charge is 2.12. The first kappa shape index (κ1) is 8.80. The van der Waals surface area contributed by atoms with Crippen molar-refractivity contribution in [2.75, 3.05) is 7.11 Å². The Kier molecular flexibility index (Phi) is 2.50. The van der Waals surface area contributed by atoms with Gasteiger partial charge in [0.2, 0.25) is 0 Å². The minimum atomic E-state index is -0.705. The average Bonchev–Trinajstić information content (AvgIpc) is 2.51. The molecule has 0 bridgehead atoms. The van der Waals surface area contributed by atoms with Gasteiger partial charge in [0.05, 0.1) is 12.7 Å². The zero-order valence-corrected chi connectivity index (χ0v) is 6.90. The van der Waals surface area contributed by atoms with Gasteiger partial charge in [-0.2, -0.15) is 0 Å². The van der Waals surface area contributed by atoms with Crippen molar-refractivity contribution in [2.24, 2.45) is 0 Å². The molecule has 0 saturated carbocycles. The number of methoxy groups -OCH3 is 1. The summed E-state index contributed by atoms with van der Waals surface area (Å²) in [4.78, 5) is 10.9. The zero-order chi connectivity index (χ0) is 9.14. The van der Waals surface area contributed by atoms with Gasteiger partial charge in [-0.05, 0) is 13.0 Å². The lowest BCUT2D eigenvalue weighted by Gasteiger charge is -1.95. The van der Waals surface area contributed by atoms with Crippen molar-refractivity contribution in [3.8, 4) is 0 Å². The number of aliphatic hydroxyl groups is 1. The summed E-state index contributed by atoms with van der Waals surface area (Å²) in [6.45, 7) is 1.56. The fourth-order valence-electron chi connectivity index (χ4n) is 0.797. The molecule has 1 atom stereocenters. The Labute approximate surface area is 69.8 Å². The van der Waals surface area contributed by atoms with Crippen LogP contribution in [0.2, 0.25) is 0 Å². The Hall–Kier alpha value is -1.29. The molecule has 1 heterocycles. The number of carbonyl (C=O) groups excluding carboxylic acids is 1. The third-order valence-electron chi connectivity index (χ3n) is 1.45. The van der Waals surface area contributed by atoms with E-state index in [1.54, 1.807) is 6.92 Å². The minimum Gasteiger partial charge on any atom is -0.466 e. The van der Waals surface area contributed by atoms with Crippen molar-refractivity contribution in [1.29, 1.82) is 0 Å². The number of ether oxygens (including phenoxy) is 1. The summed E-state index contributed by atoms with van der Waals surface area (Å²) in [5.74, 6) is -0.110. The van der Waals surface area contributed by atoms with E-state index in [0.717, 1.165) is 0 Å². The van der Waals surface area contributed by atoms with Crippen LogP contribution in [0.25, 0.3) is 0 Å². The Balaban J connectivity index is 2.84. The first-order valence-electron chi connectivity index (χ1n) is 3.50. The summed E-state index contributed by atoms with van der Waals surface area (Å²) in [5, 5.41) is 9.05. The fraction of sp³-hybridized carbons (Fsp3) is 0.375. The molecule has 0 aliphatic heterocycles. The maximum absolute atomic E-state index is 10.9. The molecule has 0 aromatic carbocycles. The second-order valence-electron chi connectivity index (χ2n) is 2.41. The van der Waals surface area contributed by atoms with Gasteiger partial charge in [-0.25, -0.2) is 4.79 Å². The number of rotatable bonds is 2. The molecule has 0 aliphatic carbocycles. The van der Waals surface area contributed by atoms with Gasteiger partial charge in [0.15, 0.2) is 0 Å². The van der Waals surface area contributed by atoms with E-state index in [9.17, 15) is 4.79 Å². The molecular weight excluding hydrogens is 160 g/mol. The number of hydrogen-bond acceptors (Lipinski definition) is 4. The van der Waals surface area contributed by atoms with E-state index in [1.165, 1.54) is 19.4 Å². The summed E-state index contributed by atoms with van der Waals surface area (Å²) in [6, 6.07) is 1.45. The Bertz CT molecular complexity index is 274. The van der Waals surface area contributed by atoms with E-state index in [1.807, 2.05) is 0 Å². The first-order chi connectivity index (χ1) is 5.65. The van der Waals surface area contributed by atoms with Crippen molar-refractivity contribution in [3.63, 3.8) is 0 Å². The molecule has 0 spiro atoms. The van der Waals surface area contributed by atoms with Crippen molar-refractivity contribution in [1.82, 2.24) is 0 Å². The molecule has 0 saturated heterocycles. The van der Waals surface area contributed by atoms with Crippen LogP contribution in [0.5, 0.6) is 0 Å². The lowest BCUT2D eigenvalue weighted by Crippen LogP contribution is -1.98. The van der Waals surface area contributed by atoms with Crippen molar-refractivity contribution in [2.45, 2.75) is 13.0 Å². The SMILES string of the molecule is COC(=O)c1coc([C@H](C)O)c1. The number of esters is 1. The van der Waals surface area contributed by atoms with E-state index in [0.29, 0.717) is 11.3 Å². The smallest absolute Gasteiger partial charge is 0.341 e. The largest absolute Gasteiger partial charge is 0.466 e. The highest BCUT2D eigenvalue weighted by atomic mass is 16.5. The Morgan fingerprint density at radius 2 is 2.42 bits per heavy atom. The molecule has 66 valence electrons. The van der Waals surface area contributed by atoms with E-state index in [2.05, 4.69) is 4.74 Å². The second kappa shape index (κ2) is 3.40. The molecular formula is C8H10O4. The predicted octanol–water partition coefficient (Wildman–Crippen LogP) is 1.12. The van der Waals surface area contributed by atoms with Gasteiger partial charge >= 0.3 is 5.97 Å². The Morgan fingerprint density at radius 3 is 2.83 bits per heavy atom. The second-order valence-corrected chi connectivity index (χ2v) is 2.41. The lowest BCUT2D eigenvalue weighted by atomic mass is 10.2. The summed E-state index contributed by atoms with van der Waals surface area (Å²) in [5.41, 5.74) is 0.313. The molecule has 0 aliphatic rings. The van der Waals surface area contributed by atoms with Gasteiger partial charge in [-0.3, -0.25) is 0 Å². The quantitative estimate of drug-likeness (QED) is 0.675. The van der Waals surface area contributed by atoms with Gasteiger partial charge < -0.3 is 14.3 Å². The number of carbonyl (C=O) groups is 1. The van der Waals surface area contributed by atoms with Gasteiger partial charge in [-0.1, -0.05) is 0 Å². The van der Waals surface area contributed by atoms with Crippen LogP contribution in [-0.2, 0) is 4.74 Å². The third kappa shape index (κ3) is 1.65. The van der Waals surface area contributed by atoms with Crippen LogP contribution in [0, 0.1) is 0 Å². The van der Waals surface area contributed by atoms with Crippen LogP contribution >= 0.6 is 0 Å². The van der Waals surface area contributed by atoms with E-state index in [4.69, 9.17) is 9.52 Å². The molecule has 12 heavy (non-hydrogen) atoms. The number of aliphatic hydroxyl groups excluding tert-OH is 1. The van der Waals surface area contributed by atoms with Crippen molar-refractivity contribution >= 4 is 5.97 Å². The minimum absolute atomic E-state index is 0.313. The predicted molar refractivity (Wildman–Crippen MR) is 40.7 cm³/mol. The summed E-state index contributed by atoms with van der Waals surface area (Å²) in [7, 11) is 1.29. The van der Waals surface area contributed by atoms with Gasteiger partial charge in [0.25, 0.3) is 0 Å². The molecule has 0 radical (unpaired) electrons. The number of hydrogen-bond donors (Lipinski definition) is 1. The molecule has 0 fully saturated rings. The zero-order valence-electron chi connectivity index (χ0n) is 6.90. The lowest BCUT2D eigenvalue weighted by molar-refractivity contribution is 0.0600. The summed E-state index contributed by atoms with van der Waals surface area (Å²) < 4.78 is 9.35. The summed E-state index contributed by atoms with van der Waals surface area (Å²) in [6.07, 6.45) is 0.553. The van der Waals surface area contributed by atoms with Crippen LogP contribution in [-0.4, -0.2) is 18.2 Å². The van der Waals surface area contributed by atoms with E-state index in [-0.39, 0.29) is 0 Å². The van der Waals surface area contributed by atoms with E-state index >= 15 is 0 Å². The highest BCUT2D eigenvalue weighted by Crippen LogP contribution is 2.15. The normalized spacial score (nSPS) is 12.6. The van der Waals surface area contributed by atoms with Crippen LogP contribution < -0.4 is 0 Å². The van der Waals surface area contributed by atoms with Crippen LogP contribution in [0.4, 0.5) is 0 Å². The molecule has 1 N–H and O–H groups in total. The molecule has 0 unspecified atom stereocenters. The van der Waals surface area contributed by atoms with Gasteiger partial charge in [0.1, 0.15) is 18.1 Å². The first-order valence-corrected chi connectivity index (χ1v) is 3.50. The molecule has 0 amide bonds. The maximum Gasteiger partial charge on any atom is 0.341 e. The average molecular weight is 170 g/mol. The third-order valence-corrected chi connectivity index (χ3v) is 1.45. The molecule has 4 nitrogen and oxygen atoms in total. The topological polar surface area (TPSA) is 59.7 Å². The van der Waals surface area contributed by atoms with Crippen LogP contribution in [0.1, 0.15) is 29.1 Å². The molecule has 1 aromatic heterocycles. The van der Waals surface area contributed by atoms with Crippen molar-refractivity contribution < 1.29 is 19.1 Å². The summed E-state index contributed by atoms with van der Waals surface area (Å²) >= 11 is 0. The molecule has 1 aromatic rings. The van der Waals surface area contributed by atoms with Crippen LogP contribution in [0.15, 0.2) is 16.7 Å². The van der Waals surface area contributed by atoms with E-state index < -0.39 is 12.1 Å². The molecule has 4 heteroatoms. The highest BCUT2D eigenvalue weighted by molar-refractivity contribution is 5.88. The fourth-order valence-corrected chi connectivity index (χ4v) is 0.797. The van der Waals surface area contributed by atoms with Gasteiger partial charge in [-0.15, -0.1) is 0 Å². The number of furan rings is 1.